The van der Waals surface area contributed by atoms with Crippen molar-refractivity contribution < 1.29 is 4.74 Å². The Labute approximate surface area is 147 Å². The van der Waals surface area contributed by atoms with E-state index >= 15 is 0 Å². The first kappa shape index (κ1) is 16.8. The fourth-order valence-electron chi connectivity index (χ4n) is 3.64. The Morgan fingerprint density at radius 2 is 1.74 bits per heavy atom. The van der Waals surface area contributed by atoms with E-state index in [4.69, 9.17) is 4.74 Å². The van der Waals surface area contributed by atoms with Crippen molar-refractivity contribution in [3.63, 3.8) is 0 Å². The third-order valence-electron chi connectivity index (χ3n) is 4.98. The van der Waals surface area contributed by atoms with Crippen LogP contribution in [-0.4, -0.2) is 30.1 Å². The Balaban J connectivity index is 1.51. The van der Waals surface area contributed by atoms with Crippen molar-refractivity contribution in [3.05, 3.63) is 40.9 Å². The Bertz CT molecular complexity index is 647. The molecule has 0 N–H and O–H groups in total. The van der Waals surface area contributed by atoms with Crippen molar-refractivity contribution >= 4 is 26.7 Å². The topological polar surface area (TPSA) is 12.5 Å². The monoisotopic (exact) mass is 375 g/mol. The normalized spacial score (nSPS) is 22.4. The molecule has 0 unspecified atom stereocenters. The van der Waals surface area contributed by atoms with Crippen LogP contribution < -0.4 is 4.74 Å². The van der Waals surface area contributed by atoms with Gasteiger partial charge in [0.05, 0.1) is 6.61 Å². The molecular weight excluding hydrogens is 350 g/mol. The Morgan fingerprint density at radius 3 is 2.52 bits per heavy atom. The highest BCUT2D eigenvalue weighted by molar-refractivity contribution is 9.10. The Morgan fingerprint density at radius 1 is 1.04 bits per heavy atom. The van der Waals surface area contributed by atoms with Crippen molar-refractivity contribution in [1.82, 2.24) is 4.90 Å². The van der Waals surface area contributed by atoms with Crippen LogP contribution in [0.4, 0.5) is 0 Å². The highest BCUT2D eigenvalue weighted by Crippen LogP contribution is 2.25. The highest BCUT2D eigenvalue weighted by atomic mass is 79.9. The Hall–Kier alpha value is -1.06. The standard InChI is InChI=1S/C20H26BrNO/c1-15-5-3-6-16(2)22(15)11-4-12-23-20-10-8-17-13-19(21)9-7-18(17)14-20/h7-10,13-16H,3-6,11-12H2,1-2H3/t15-,16+. The summed E-state index contributed by atoms with van der Waals surface area (Å²) in [7, 11) is 0. The number of hydrogen-bond acceptors (Lipinski definition) is 2. The fraction of sp³-hybridized carbons (Fsp3) is 0.500. The molecule has 1 aliphatic heterocycles. The SMILES string of the molecule is C[C@@H]1CCC[C@H](C)N1CCCOc1ccc2cc(Br)ccc2c1. The molecule has 0 saturated carbocycles. The average molecular weight is 376 g/mol. The van der Waals surface area contributed by atoms with Crippen molar-refractivity contribution in [2.45, 2.75) is 51.6 Å². The molecule has 2 nitrogen and oxygen atoms in total. The van der Waals surface area contributed by atoms with Gasteiger partial charge in [-0.25, -0.2) is 0 Å². The maximum atomic E-state index is 5.97. The first-order valence-electron chi connectivity index (χ1n) is 8.71. The molecule has 1 fully saturated rings. The summed E-state index contributed by atoms with van der Waals surface area (Å²) in [4.78, 5) is 2.64. The minimum absolute atomic E-state index is 0.720. The van der Waals surface area contributed by atoms with Gasteiger partial charge in [0.1, 0.15) is 5.75 Å². The number of rotatable bonds is 5. The molecule has 0 aromatic heterocycles. The molecule has 1 aliphatic rings. The lowest BCUT2D eigenvalue weighted by molar-refractivity contribution is 0.0961. The summed E-state index contributed by atoms with van der Waals surface area (Å²) in [6.07, 6.45) is 5.15. The lowest BCUT2D eigenvalue weighted by Crippen LogP contribution is -2.44. The van der Waals surface area contributed by atoms with E-state index in [9.17, 15) is 0 Å². The molecule has 2 aromatic carbocycles. The van der Waals surface area contributed by atoms with E-state index in [0.717, 1.165) is 41.9 Å². The van der Waals surface area contributed by atoms with Gasteiger partial charge in [0, 0.05) is 23.1 Å². The zero-order valence-corrected chi connectivity index (χ0v) is 15.7. The molecule has 3 heteroatoms. The summed E-state index contributed by atoms with van der Waals surface area (Å²) >= 11 is 3.51. The second-order valence-corrected chi connectivity index (χ2v) is 7.64. The number of halogens is 1. The molecule has 0 bridgehead atoms. The minimum atomic E-state index is 0.720. The summed E-state index contributed by atoms with van der Waals surface area (Å²) in [6.45, 7) is 6.65. The molecule has 3 rings (SSSR count). The number of fused-ring (bicyclic) bond motifs is 1. The molecular formula is C20H26BrNO. The molecule has 1 saturated heterocycles. The maximum Gasteiger partial charge on any atom is 0.119 e. The minimum Gasteiger partial charge on any atom is -0.494 e. The second kappa shape index (κ2) is 7.67. The van der Waals surface area contributed by atoms with Gasteiger partial charge < -0.3 is 4.74 Å². The number of likely N-dealkylation sites (tertiary alicyclic amines) is 1. The van der Waals surface area contributed by atoms with Crippen LogP contribution in [0.2, 0.25) is 0 Å². The van der Waals surface area contributed by atoms with Crippen LogP contribution in [0.3, 0.4) is 0 Å². The van der Waals surface area contributed by atoms with Crippen LogP contribution in [0.25, 0.3) is 10.8 Å². The summed E-state index contributed by atoms with van der Waals surface area (Å²) in [6, 6.07) is 14.1. The van der Waals surface area contributed by atoms with Crippen LogP contribution >= 0.6 is 15.9 Å². The summed E-state index contributed by atoms with van der Waals surface area (Å²) in [5.74, 6) is 0.972. The fourth-order valence-corrected chi connectivity index (χ4v) is 4.02. The predicted molar refractivity (Wildman–Crippen MR) is 101 cm³/mol. The summed E-state index contributed by atoms with van der Waals surface area (Å²) < 4.78 is 7.08. The van der Waals surface area contributed by atoms with Gasteiger partial charge in [-0.1, -0.05) is 34.5 Å². The predicted octanol–water partition coefficient (Wildman–Crippen LogP) is 5.63. The number of benzene rings is 2. The van der Waals surface area contributed by atoms with E-state index in [2.05, 4.69) is 71.1 Å². The zero-order valence-electron chi connectivity index (χ0n) is 14.1. The quantitative estimate of drug-likeness (QED) is 0.627. The summed E-state index contributed by atoms with van der Waals surface area (Å²) in [5.41, 5.74) is 0. The van der Waals surface area contributed by atoms with E-state index in [0.29, 0.717) is 0 Å². The first-order valence-corrected chi connectivity index (χ1v) is 9.50. The third-order valence-corrected chi connectivity index (χ3v) is 5.47. The molecule has 0 aliphatic carbocycles. The van der Waals surface area contributed by atoms with Crippen LogP contribution in [0, 0.1) is 0 Å². The van der Waals surface area contributed by atoms with Crippen molar-refractivity contribution in [1.29, 1.82) is 0 Å². The molecule has 2 aromatic rings. The summed E-state index contributed by atoms with van der Waals surface area (Å²) in [5, 5.41) is 2.46. The van der Waals surface area contributed by atoms with E-state index in [1.165, 1.54) is 30.0 Å². The molecule has 0 spiro atoms. The molecule has 124 valence electrons. The van der Waals surface area contributed by atoms with Gasteiger partial charge >= 0.3 is 0 Å². The van der Waals surface area contributed by atoms with Gasteiger partial charge in [-0.15, -0.1) is 0 Å². The zero-order chi connectivity index (χ0) is 16.2. The van der Waals surface area contributed by atoms with Crippen LogP contribution in [0.1, 0.15) is 39.5 Å². The number of piperidine rings is 1. The lowest BCUT2D eigenvalue weighted by Gasteiger charge is -2.39. The van der Waals surface area contributed by atoms with Crippen LogP contribution in [-0.2, 0) is 0 Å². The van der Waals surface area contributed by atoms with Crippen molar-refractivity contribution in [3.8, 4) is 5.75 Å². The molecule has 23 heavy (non-hydrogen) atoms. The van der Waals surface area contributed by atoms with E-state index < -0.39 is 0 Å². The largest absolute Gasteiger partial charge is 0.494 e. The van der Waals surface area contributed by atoms with Crippen molar-refractivity contribution in [2.75, 3.05) is 13.2 Å². The molecule has 2 atom stereocenters. The van der Waals surface area contributed by atoms with Gasteiger partial charge in [0.25, 0.3) is 0 Å². The van der Waals surface area contributed by atoms with Gasteiger partial charge in [-0.2, -0.15) is 0 Å². The van der Waals surface area contributed by atoms with E-state index in [1.54, 1.807) is 0 Å². The van der Waals surface area contributed by atoms with Gasteiger partial charge in [0.2, 0.25) is 0 Å². The van der Waals surface area contributed by atoms with E-state index in [-0.39, 0.29) is 0 Å². The lowest BCUT2D eigenvalue weighted by atomic mass is 9.97. The average Bonchev–Trinajstić information content (AvgIpc) is 2.53. The van der Waals surface area contributed by atoms with Gasteiger partial charge in [-0.05, 0) is 68.1 Å². The van der Waals surface area contributed by atoms with Crippen LogP contribution in [0.15, 0.2) is 40.9 Å². The number of hydrogen-bond donors (Lipinski definition) is 0. The van der Waals surface area contributed by atoms with Gasteiger partial charge in [0.15, 0.2) is 0 Å². The van der Waals surface area contributed by atoms with Gasteiger partial charge in [-0.3, -0.25) is 4.90 Å². The van der Waals surface area contributed by atoms with E-state index in [1.807, 2.05) is 0 Å². The van der Waals surface area contributed by atoms with Crippen molar-refractivity contribution in [2.24, 2.45) is 0 Å². The van der Waals surface area contributed by atoms with Crippen LogP contribution in [0.5, 0.6) is 5.75 Å². The first-order chi connectivity index (χ1) is 11.1. The molecule has 1 heterocycles. The molecule has 0 radical (unpaired) electrons. The highest BCUT2D eigenvalue weighted by Gasteiger charge is 2.23. The Kier molecular flexibility index (Phi) is 5.60. The number of ether oxygens (including phenoxy) is 1. The number of nitrogens with zero attached hydrogens (tertiary/aromatic N) is 1. The third kappa shape index (κ3) is 4.27. The maximum absolute atomic E-state index is 5.97. The molecule has 0 amide bonds. The smallest absolute Gasteiger partial charge is 0.119 e. The second-order valence-electron chi connectivity index (χ2n) is 6.72.